The van der Waals surface area contributed by atoms with Gasteiger partial charge in [-0.15, -0.1) is 0 Å². The van der Waals surface area contributed by atoms with Crippen molar-refractivity contribution in [2.24, 2.45) is 5.73 Å². The minimum Gasteiger partial charge on any atom is -0.490 e. The first-order chi connectivity index (χ1) is 13.9. The highest BCUT2D eigenvalue weighted by molar-refractivity contribution is 6.03. The number of nitrogens with zero attached hydrogens (tertiary/aromatic N) is 3. The fourth-order valence-electron chi connectivity index (χ4n) is 4.21. The molecule has 0 spiro atoms. The second-order valence-corrected chi connectivity index (χ2v) is 7.88. The van der Waals surface area contributed by atoms with Crippen LogP contribution in [0.25, 0.3) is 10.8 Å². The second-order valence-electron chi connectivity index (χ2n) is 7.88. The van der Waals surface area contributed by atoms with Crippen molar-refractivity contribution in [3.05, 3.63) is 30.0 Å². The molecule has 3 heterocycles. The van der Waals surface area contributed by atoms with E-state index in [1.165, 1.54) is 0 Å². The summed E-state index contributed by atoms with van der Waals surface area (Å²) in [6.45, 7) is 6.97. The van der Waals surface area contributed by atoms with Crippen molar-refractivity contribution in [2.75, 3.05) is 31.1 Å². The Kier molecular flexibility index (Phi) is 5.17. The van der Waals surface area contributed by atoms with E-state index in [0.29, 0.717) is 11.3 Å². The fraction of sp³-hybridized carbons (Fsp3) is 0.476. The average Bonchev–Trinajstić information content (AvgIpc) is 3.12. The number of anilines is 1. The van der Waals surface area contributed by atoms with Crippen LogP contribution in [0.4, 0.5) is 10.6 Å². The number of hydrogen-bond donors (Lipinski definition) is 2. The predicted molar refractivity (Wildman–Crippen MR) is 111 cm³/mol. The van der Waals surface area contributed by atoms with E-state index < -0.39 is 5.91 Å². The number of benzene rings is 1. The van der Waals surface area contributed by atoms with Gasteiger partial charge in [0.2, 0.25) is 0 Å². The first-order valence-corrected chi connectivity index (χ1v) is 10.1. The summed E-state index contributed by atoms with van der Waals surface area (Å²) in [7, 11) is 0. The van der Waals surface area contributed by atoms with Crippen LogP contribution in [0.3, 0.4) is 0 Å². The molecule has 0 unspecified atom stereocenters. The van der Waals surface area contributed by atoms with E-state index in [4.69, 9.17) is 10.5 Å². The number of rotatable bonds is 5. The van der Waals surface area contributed by atoms with E-state index in [1.54, 1.807) is 12.3 Å². The third-order valence-corrected chi connectivity index (χ3v) is 5.57. The normalized spacial score (nSPS) is 17.8. The van der Waals surface area contributed by atoms with Crippen LogP contribution in [0.15, 0.2) is 24.4 Å². The molecular formula is C21H27N5O3. The van der Waals surface area contributed by atoms with Gasteiger partial charge in [0.25, 0.3) is 5.91 Å². The zero-order valence-corrected chi connectivity index (χ0v) is 16.9. The Hall–Kier alpha value is -3.03. The summed E-state index contributed by atoms with van der Waals surface area (Å²) in [6.07, 6.45) is 3.49. The van der Waals surface area contributed by atoms with E-state index in [1.807, 2.05) is 30.9 Å². The Labute approximate surface area is 170 Å². The minimum absolute atomic E-state index is 0.0428. The van der Waals surface area contributed by atoms with Crippen LogP contribution in [0, 0.1) is 0 Å². The third-order valence-electron chi connectivity index (χ3n) is 5.57. The molecule has 1 aromatic heterocycles. The Morgan fingerprint density at radius 3 is 2.66 bits per heavy atom. The largest absolute Gasteiger partial charge is 0.490 e. The highest BCUT2D eigenvalue weighted by Gasteiger charge is 2.31. The van der Waals surface area contributed by atoms with Gasteiger partial charge in [0, 0.05) is 43.8 Å². The van der Waals surface area contributed by atoms with E-state index in [0.717, 1.165) is 55.6 Å². The van der Waals surface area contributed by atoms with Crippen molar-refractivity contribution in [2.45, 2.75) is 38.8 Å². The van der Waals surface area contributed by atoms with Gasteiger partial charge in [-0.3, -0.25) is 4.79 Å². The topological polar surface area (TPSA) is 101 Å². The molecule has 2 aromatic rings. The van der Waals surface area contributed by atoms with Crippen LogP contribution in [0.1, 0.15) is 37.0 Å². The van der Waals surface area contributed by atoms with E-state index in [-0.39, 0.29) is 18.2 Å². The number of fused-ring (bicyclic) bond motifs is 1. The maximum atomic E-state index is 11.9. The lowest BCUT2D eigenvalue weighted by atomic mass is 10.0. The van der Waals surface area contributed by atoms with Gasteiger partial charge in [0.1, 0.15) is 11.6 Å². The highest BCUT2D eigenvalue weighted by atomic mass is 16.5. The maximum Gasteiger partial charge on any atom is 0.317 e. The number of aromatic nitrogens is 1. The Morgan fingerprint density at radius 2 is 2.03 bits per heavy atom. The van der Waals surface area contributed by atoms with Crippen LogP contribution >= 0.6 is 0 Å². The number of carbonyl (C=O) groups is 2. The predicted octanol–water partition coefficient (Wildman–Crippen LogP) is 2.11. The molecule has 2 aliphatic rings. The number of piperidine rings is 1. The molecule has 0 saturated carbocycles. The summed E-state index contributed by atoms with van der Waals surface area (Å²) in [4.78, 5) is 32.7. The standard InChI is InChI=1S/C21H27N5O3/c1-13(2)29-18-12-16-14(11-17(18)19(22)27)3-6-23-20(16)25-8-4-15(5-9-25)26-10-7-24-21(26)28/h3,6,11-13,15H,4-5,7-10H2,1-2H3,(H2,22,27)(H,24,28). The molecule has 0 bridgehead atoms. The molecular weight excluding hydrogens is 370 g/mol. The van der Waals surface area contributed by atoms with E-state index in [9.17, 15) is 9.59 Å². The van der Waals surface area contributed by atoms with Crippen molar-refractivity contribution in [3.8, 4) is 5.75 Å². The van der Waals surface area contributed by atoms with Crippen molar-refractivity contribution < 1.29 is 14.3 Å². The molecule has 2 fully saturated rings. The minimum atomic E-state index is -0.509. The van der Waals surface area contributed by atoms with Crippen LogP contribution in [-0.4, -0.2) is 60.1 Å². The van der Waals surface area contributed by atoms with Gasteiger partial charge >= 0.3 is 6.03 Å². The summed E-state index contributed by atoms with van der Waals surface area (Å²) in [5, 5.41) is 4.72. The molecule has 0 aliphatic carbocycles. The van der Waals surface area contributed by atoms with Crippen LogP contribution in [-0.2, 0) is 0 Å². The third kappa shape index (κ3) is 3.79. The van der Waals surface area contributed by atoms with E-state index >= 15 is 0 Å². The Morgan fingerprint density at radius 1 is 1.28 bits per heavy atom. The van der Waals surface area contributed by atoms with E-state index in [2.05, 4.69) is 15.2 Å². The Bertz CT molecular complexity index is 937. The number of pyridine rings is 1. The van der Waals surface area contributed by atoms with Gasteiger partial charge in [0.05, 0.1) is 11.7 Å². The Balaban J connectivity index is 1.62. The fourth-order valence-corrected chi connectivity index (χ4v) is 4.21. The summed E-state index contributed by atoms with van der Waals surface area (Å²) in [5.74, 6) is 0.847. The number of nitrogens with one attached hydrogen (secondary N) is 1. The zero-order chi connectivity index (χ0) is 20.5. The summed E-state index contributed by atoms with van der Waals surface area (Å²) in [5.41, 5.74) is 5.94. The van der Waals surface area contributed by atoms with Crippen LogP contribution < -0.4 is 20.7 Å². The van der Waals surface area contributed by atoms with Gasteiger partial charge < -0.3 is 25.6 Å². The van der Waals surface area contributed by atoms with Gasteiger partial charge in [-0.1, -0.05) is 0 Å². The molecule has 29 heavy (non-hydrogen) atoms. The lowest BCUT2D eigenvalue weighted by Crippen LogP contribution is -2.46. The molecule has 2 aliphatic heterocycles. The number of urea groups is 1. The lowest BCUT2D eigenvalue weighted by molar-refractivity contribution is 0.0994. The van der Waals surface area contributed by atoms with Gasteiger partial charge in [-0.2, -0.15) is 0 Å². The molecule has 0 radical (unpaired) electrons. The first-order valence-electron chi connectivity index (χ1n) is 10.1. The van der Waals surface area contributed by atoms with Crippen molar-refractivity contribution >= 4 is 28.5 Å². The first kappa shape index (κ1) is 19.3. The number of primary amides is 1. The smallest absolute Gasteiger partial charge is 0.317 e. The summed E-state index contributed by atoms with van der Waals surface area (Å²) in [6, 6.07) is 5.84. The molecule has 2 saturated heterocycles. The molecule has 3 amide bonds. The maximum absolute atomic E-state index is 11.9. The van der Waals surface area contributed by atoms with Gasteiger partial charge in [-0.25, -0.2) is 9.78 Å². The second kappa shape index (κ2) is 7.77. The lowest BCUT2D eigenvalue weighted by Gasteiger charge is -2.37. The monoisotopic (exact) mass is 397 g/mol. The average molecular weight is 397 g/mol. The van der Waals surface area contributed by atoms with Crippen molar-refractivity contribution in [1.29, 1.82) is 0 Å². The highest BCUT2D eigenvalue weighted by Crippen LogP contribution is 2.33. The van der Waals surface area contributed by atoms with Crippen molar-refractivity contribution in [3.63, 3.8) is 0 Å². The van der Waals surface area contributed by atoms with Gasteiger partial charge in [-0.05, 0) is 50.3 Å². The molecule has 3 N–H and O–H groups in total. The number of carbonyl (C=O) groups excluding carboxylic acids is 2. The number of ether oxygens (including phenoxy) is 1. The SMILES string of the molecule is CC(C)Oc1cc2c(N3CCC(N4CCNC4=O)CC3)nccc2cc1C(N)=O. The quantitative estimate of drug-likeness (QED) is 0.805. The zero-order valence-electron chi connectivity index (χ0n) is 16.9. The van der Waals surface area contributed by atoms with Crippen LogP contribution in [0.2, 0.25) is 0 Å². The molecule has 1 aromatic carbocycles. The van der Waals surface area contributed by atoms with Crippen molar-refractivity contribution in [1.82, 2.24) is 15.2 Å². The number of nitrogens with two attached hydrogens (primary N) is 1. The molecule has 4 rings (SSSR count). The molecule has 8 heteroatoms. The van der Waals surface area contributed by atoms with Gasteiger partial charge in [0.15, 0.2) is 0 Å². The molecule has 0 atom stereocenters. The number of amides is 3. The van der Waals surface area contributed by atoms with Crippen LogP contribution in [0.5, 0.6) is 5.75 Å². The molecule has 154 valence electrons. The summed E-state index contributed by atoms with van der Waals surface area (Å²) >= 11 is 0. The molecule has 8 nitrogen and oxygen atoms in total. The number of hydrogen-bond acceptors (Lipinski definition) is 5. The summed E-state index contributed by atoms with van der Waals surface area (Å²) < 4.78 is 5.86.